The summed E-state index contributed by atoms with van der Waals surface area (Å²) in [5, 5.41) is 15.9. The fourth-order valence-corrected chi connectivity index (χ4v) is 3.50. The summed E-state index contributed by atoms with van der Waals surface area (Å²) in [6, 6.07) is 11.3. The number of nitrogens with one attached hydrogen (secondary N) is 1. The van der Waals surface area contributed by atoms with Crippen LogP contribution in [0.1, 0.15) is 29.7 Å². The Labute approximate surface area is 145 Å². The van der Waals surface area contributed by atoms with Gasteiger partial charge in [-0.1, -0.05) is 12.1 Å². The molecule has 2 heterocycles. The van der Waals surface area contributed by atoms with Crippen molar-refractivity contribution in [1.82, 2.24) is 10.2 Å². The van der Waals surface area contributed by atoms with E-state index >= 15 is 0 Å². The van der Waals surface area contributed by atoms with Crippen molar-refractivity contribution in [2.45, 2.75) is 25.7 Å². The molecule has 0 radical (unpaired) electrons. The van der Waals surface area contributed by atoms with E-state index in [0.717, 1.165) is 11.1 Å². The second kappa shape index (κ2) is 7.47. The molecule has 2 amide bonds. The maximum absolute atomic E-state index is 12.5. The van der Waals surface area contributed by atoms with Crippen LogP contribution in [0, 0.1) is 11.3 Å². The molecule has 0 saturated carbocycles. The Hall–Kier alpha value is -2.36. The predicted octanol–water partition coefficient (Wildman–Crippen LogP) is 3.29. The van der Waals surface area contributed by atoms with Crippen LogP contribution in [0.25, 0.3) is 0 Å². The van der Waals surface area contributed by atoms with Gasteiger partial charge in [0.1, 0.15) is 6.10 Å². The standard InChI is InChI=1S/C18H19N3O2S/c1-13-10-21(11-17(23-13)16-5-6-24-12-16)18(22)20-9-15-4-2-3-14(7-15)8-19/h2-7,12-13,17H,9-11H2,1H3,(H,20,22)/t13-,17+/m1/s1. The lowest BCUT2D eigenvalue weighted by molar-refractivity contribution is -0.0655. The number of benzene rings is 1. The summed E-state index contributed by atoms with van der Waals surface area (Å²) in [5.74, 6) is 0. The van der Waals surface area contributed by atoms with Crippen LogP contribution >= 0.6 is 11.3 Å². The van der Waals surface area contributed by atoms with Crippen molar-refractivity contribution in [1.29, 1.82) is 5.26 Å². The second-order valence-electron chi connectivity index (χ2n) is 5.87. The van der Waals surface area contributed by atoms with Gasteiger partial charge >= 0.3 is 6.03 Å². The van der Waals surface area contributed by atoms with Gasteiger partial charge in [-0.25, -0.2) is 4.79 Å². The molecular formula is C18H19N3O2S. The Balaban J connectivity index is 1.60. The van der Waals surface area contributed by atoms with Crippen LogP contribution in [0.4, 0.5) is 4.79 Å². The van der Waals surface area contributed by atoms with Crippen molar-refractivity contribution in [3.63, 3.8) is 0 Å². The molecule has 1 aliphatic heterocycles. The molecule has 2 aromatic rings. The maximum atomic E-state index is 12.5. The van der Waals surface area contributed by atoms with Gasteiger partial charge in [-0.2, -0.15) is 16.6 Å². The first-order valence-corrected chi connectivity index (χ1v) is 8.79. The van der Waals surface area contributed by atoms with E-state index in [1.54, 1.807) is 28.4 Å². The number of nitriles is 1. The molecule has 0 unspecified atom stereocenters. The normalized spacial score (nSPS) is 20.4. The average molecular weight is 341 g/mol. The number of morpholine rings is 1. The number of ether oxygens (including phenoxy) is 1. The summed E-state index contributed by atoms with van der Waals surface area (Å²) in [5.41, 5.74) is 2.63. The zero-order valence-electron chi connectivity index (χ0n) is 13.4. The molecule has 0 bridgehead atoms. The molecule has 1 fully saturated rings. The summed E-state index contributed by atoms with van der Waals surface area (Å²) < 4.78 is 5.95. The van der Waals surface area contributed by atoms with E-state index in [4.69, 9.17) is 10.00 Å². The lowest BCUT2D eigenvalue weighted by Gasteiger charge is -2.36. The van der Waals surface area contributed by atoms with Crippen molar-refractivity contribution in [2.24, 2.45) is 0 Å². The summed E-state index contributed by atoms with van der Waals surface area (Å²) in [4.78, 5) is 14.3. The van der Waals surface area contributed by atoms with Gasteiger partial charge in [0, 0.05) is 13.1 Å². The van der Waals surface area contributed by atoms with Crippen LogP contribution in [0.5, 0.6) is 0 Å². The summed E-state index contributed by atoms with van der Waals surface area (Å²) in [6.45, 7) is 3.51. The molecule has 24 heavy (non-hydrogen) atoms. The number of urea groups is 1. The van der Waals surface area contributed by atoms with E-state index in [2.05, 4.69) is 16.8 Å². The zero-order chi connectivity index (χ0) is 16.9. The van der Waals surface area contributed by atoms with E-state index in [-0.39, 0.29) is 18.2 Å². The molecule has 5 nitrogen and oxygen atoms in total. The van der Waals surface area contributed by atoms with E-state index in [1.807, 2.05) is 30.5 Å². The Morgan fingerprint density at radius 2 is 2.33 bits per heavy atom. The van der Waals surface area contributed by atoms with Crippen molar-refractivity contribution in [2.75, 3.05) is 13.1 Å². The molecule has 1 aliphatic rings. The molecule has 0 spiro atoms. The van der Waals surface area contributed by atoms with E-state index in [0.29, 0.717) is 25.2 Å². The van der Waals surface area contributed by atoms with Gasteiger partial charge in [-0.3, -0.25) is 0 Å². The Morgan fingerprint density at radius 3 is 3.08 bits per heavy atom. The fraction of sp³-hybridized carbons (Fsp3) is 0.333. The van der Waals surface area contributed by atoms with Crippen LogP contribution in [0.2, 0.25) is 0 Å². The molecule has 2 atom stereocenters. The average Bonchev–Trinajstić information content (AvgIpc) is 3.14. The van der Waals surface area contributed by atoms with E-state index in [1.165, 1.54) is 0 Å². The summed E-state index contributed by atoms with van der Waals surface area (Å²) >= 11 is 1.63. The summed E-state index contributed by atoms with van der Waals surface area (Å²) in [6.07, 6.45) is -0.0796. The Kier molecular flexibility index (Phi) is 5.14. The smallest absolute Gasteiger partial charge is 0.317 e. The quantitative estimate of drug-likeness (QED) is 0.931. The minimum Gasteiger partial charge on any atom is -0.367 e. The second-order valence-corrected chi connectivity index (χ2v) is 6.65. The third-order valence-electron chi connectivity index (χ3n) is 3.96. The first kappa shape index (κ1) is 16.5. The van der Waals surface area contributed by atoms with Gasteiger partial charge in [-0.15, -0.1) is 0 Å². The van der Waals surface area contributed by atoms with Gasteiger partial charge in [0.05, 0.1) is 24.3 Å². The first-order chi connectivity index (χ1) is 11.7. The third kappa shape index (κ3) is 3.94. The van der Waals surface area contributed by atoms with Gasteiger partial charge < -0.3 is 15.0 Å². The molecule has 1 saturated heterocycles. The number of hydrogen-bond acceptors (Lipinski definition) is 4. The SMILES string of the molecule is C[C@@H]1CN(C(=O)NCc2cccc(C#N)c2)C[C@@H](c2ccsc2)O1. The lowest BCUT2D eigenvalue weighted by atomic mass is 10.1. The highest BCUT2D eigenvalue weighted by Crippen LogP contribution is 2.26. The van der Waals surface area contributed by atoms with Gasteiger partial charge in [0.2, 0.25) is 0 Å². The van der Waals surface area contributed by atoms with Crippen LogP contribution < -0.4 is 5.32 Å². The molecule has 0 aliphatic carbocycles. The highest BCUT2D eigenvalue weighted by atomic mass is 32.1. The molecule has 124 valence electrons. The number of hydrogen-bond donors (Lipinski definition) is 1. The van der Waals surface area contributed by atoms with Gasteiger partial charge in [0.25, 0.3) is 0 Å². The van der Waals surface area contributed by atoms with Crippen LogP contribution in [0.3, 0.4) is 0 Å². The van der Waals surface area contributed by atoms with Crippen LogP contribution in [-0.2, 0) is 11.3 Å². The largest absolute Gasteiger partial charge is 0.367 e. The number of thiophene rings is 1. The minimum atomic E-state index is -0.104. The Morgan fingerprint density at radius 1 is 1.46 bits per heavy atom. The molecule has 1 N–H and O–H groups in total. The lowest BCUT2D eigenvalue weighted by Crippen LogP contribution is -2.49. The van der Waals surface area contributed by atoms with Crippen molar-refractivity contribution in [3.8, 4) is 6.07 Å². The van der Waals surface area contributed by atoms with Crippen molar-refractivity contribution in [3.05, 3.63) is 57.8 Å². The molecular weight excluding hydrogens is 322 g/mol. The monoisotopic (exact) mass is 341 g/mol. The molecule has 1 aromatic carbocycles. The van der Waals surface area contributed by atoms with Crippen LogP contribution in [0.15, 0.2) is 41.1 Å². The fourth-order valence-electron chi connectivity index (χ4n) is 2.80. The highest BCUT2D eigenvalue weighted by molar-refractivity contribution is 7.07. The Bertz CT molecular complexity index is 739. The van der Waals surface area contributed by atoms with Crippen molar-refractivity contribution < 1.29 is 9.53 Å². The molecule has 1 aromatic heterocycles. The number of amides is 2. The highest BCUT2D eigenvalue weighted by Gasteiger charge is 2.29. The molecule has 3 rings (SSSR count). The number of nitrogens with zero attached hydrogens (tertiary/aromatic N) is 2. The topological polar surface area (TPSA) is 65.4 Å². The molecule has 6 heteroatoms. The van der Waals surface area contributed by atoms with E-state index < -0.39 is 0 Å². The van der Waals surface area contributed by atoms with Gasteiger partial charge in [0.15, 0.2) is 0 Å². The van der Waals surface area contributed by atoms with Crippen molar-refractivity contribution >= 4 is 17.4 Å². The number of carbonyl (C=O) groups is 1. The maximum Gasteiger partial charge on any atom is 0.317 e. The van der Waals surface area contributed by atoms with E-state index in [9.17, 15) is 4.79 Å². The number of carbonyl (C=O) groups excluding carboxylic acids is 1. The number of rotatable bonds is 3. The minimum absolute atomic E-state index is 0.00341. The predicted molar refractivity (Wildman–Crippen MR) is 92.6 cm³/mol. The van der Waals surface area contributed by atoms with Gasteiger partial charge in [-0.05, 0) is 47.0 Å². The zero-order valence-corrected chi connectivity index (χ0v) is 14.3. The van der Waals surface area contributed by atoms with Crippen LogP contribution in [-0.4, -0.2) is 30.1 Å². The summed E-state index contributed by atoms with van der Waals surface area (Å²) in [7, 11) is 0. The first-order valence-electron chi connectivity index (χ1n) is 7.85. The third-order valence-corrected chi connectivity index (χ3v) is 4.66.